The van der Waals surface area contributed by atoms with Gasteiger partial charge in [0.1, 0.15) is 0 Å². The zero-order valence-corrected chi connectivity index (χ0v) is 8.37. The first-order chi connectivity index (χ1) is 6.27. The Bertz CT molecular complexity index is 210. The summed E-state index contributed by atoms with van der Waals surface area (Å²) in [4.78, 5) is 2.57. The van der Waals surface area contributed by atoms with Gasteiger partial charge in [0.05, 0.1) is 6.10 Å². The smallest absolute Gasteiger partial charge is 0.0695 e. The van der Waals surface area contributed by atoms with Crippen LogP contribution in [0.25, 0.3) is 0 Å². The van der Waals surface area contributed by atoms with E-state index in [1.165, 1.54) is 44.3 Å². The molecule has 0 aromatic carbocycles. The normalized spacial score (nSPS) is 34.9. The van der Waals surface area contributed by atoms with Crippen molar-refractivity contribution >= 4 is 0 Å². The van der Waals surface area contributed by atoms with Gasteiger partial charge in [-0.25, -0.2) is 0 Å². The third kappa shape index (κ3) is 1.94. The first-order valence-electron chi connectivity index (χ1n) is 5.40. The van der Waals surface area contributed by atoms with E-state index >= 15 is 0 Å². The van der Waals surface area contributed by atoms with Crippen molar-refractivity contribution in [1.29, 1.82) is 0 Å². The molecule has 2 nitrogen and oxygen atoms in total. The van der Waals surface area contributed by atoms with Crippen molar-refractivity contribution in [3.05, 3.63) is 11.6 Å². The largest absolute Gasteiger partial charge is 0.389 e. The van der Waals surface area contributed by atoms with Crippen LogP contribution in [0, 0.1) is 0 Å². The van der Waals surface area contributed by atoms with Crippen LogP contribution in [0.5, 0.6) is 0 Å². The van der Waals surface area contributed by atoms with Gasteiger partial charge in [0, 0.05) is 12.6 Å². The molecule has 0 amide bonds. The second-order valence-corrected chi connectivity index (χ2v) is 4.28. The number of nitrogens with zero attached hydrogens (tertiary/aromatic N) is 1. The van der Waals surface area contributed by atoms with Gasteiger partial charge in [0.15, 0.2) is 0 Å². The minimum atomic E-state index is -0.267. The van der Waals surface area contributed by atoms with Crippen LogP contribution in [0.1, 0.15) is 32.6 Å². The van der Waals surface area contributed by atoms with Crippen LogP contribution in [0.2, 0.25) is 0 Å². The summed E-state index contributed by atoms with van der Waals surface area (Å²) in [5.74, 6) is 0. The Morgan fingerprint density at radius 2 is 2.31 bits per heavy atom. The Morgan fingerprint density at radius 3 is 3.08 bits per heavy atom. The quantitative estimate of drug-likeness (QED) is 0.620. The summed E-state index contributed by atoms with van der Waals surface area (Å²) in [6.45, 7) is 4.32. The molecule has 74 valence electrons. The van der Waals surface area contributed by atoms with Crippen molar-refractivity contribution < 1.29 is 5.11 Å². The predicted octanol–water partition coefficient (Wildman–Crippen LogP) is 1.55. The first kappa shape index (κ1) is 9.22. The monoisotopic (exact) mass is 181 g/mol. The second kappa shape index (κ2) is 3.81. The van der Waals surface area contributed by atoms with Gasteiger partial charge in [-0.2, -0.15) is 0 Å². The summed E-state index contributed by atoms with van der Waals surface area (Å²) >= 11 is 0. The average Bonchev–Trinajstić information content (AvgIpc) is 2.48. The van der Waals surface area contributed by atoms with E-state index in [1.807, 2.05) is 6.92 Å². The van der Waals surface area contributed by atoms with Gasteiger partial charge in [0.25, 0.3) is 0 Å². The second-order valence-electron chi connectivity index (χ2n) is 4.28. The van der Waals surface area contributed by atoms with E-state index in [-0.39, 0.29) is 6.10 Å². The van der Waals surface area contributed by atoms with Crippen molar-refractivity contribution in [2.24, 2.45) is 0 Å². The molecule has 13 heavy (non-hydrogen) atoms. The topological polar surface area (TPSA) is 23.5 Å². The highest BCUT2D eigenvalue weighted by Gasteiger charge is 2.30. The number of aliphatic hydroxyl groups excluding tert-OH is 1. The van der Waals surface area contributed by atoms with E-state index < -0.39 is 0 Å². The number of aliphatic hydroxyl groups is 1. The SMILES string of the molecule is CC(O)/C=C1/CCN2CCCCC12. The number of fused-ring (bicyclic) bond motifs is 1. The standard InChI is InChI=1S/C11H19NO/c1-9(13)8-10-5-7-12-6-3-2-4-11(10)12/h8-9,11,13H,2-7H2,1H3/b10-8-. The van der Waals surface area contributed by atoms with Gasteiger partial charge in [0.2, 0.25) is 0 Å². The molecule has 2 saturated heterocycles. The molecule has 0 aromatic rings. The minimum Gasteiger partial charge on any atom is -0.389 e. The molecule has 0 aromatic heterocycles. The van der Waals surface area contributed by atoms with E-state index in [0.717, 1.165) is 0 Å². The Morgan fingerprint density at radius 1 is 1.46 bits per heavy atom. The van der Waals surface area contributed by atoms with Crippen molar-refractivity contribution in [1.82, 2.24) is 4.90 Å². The van der Waals surface area contributed by atoms with Crippen LogP contribution >= 0.6 is 0 Å². The van der Waals surface area contributed by atoms with Crippen LogP contribution in [0.3, 0.4) is 0 Å². The Hall–Kier alpha value is -0.340. The summed E-state index contributed by atoms with van der Waals surface area (Å²) in [7, 11) is 0. The van der Waals surface area contributed by atoms with E-state index in [0.29, 0.717) is 6.04 Å². The minimum absolute atomic E-state index is 0.267. The van der Waals surface area contributed by atoms with Gasteiger partial charge in [-0.3, -0.25) is 4.90 Å². The van der Waals surface area contributed by atoms with Crippen molar-refractivity contribution in [2.75, 3.05) is 13.1 Å². The van der Waals surface area contributed by atoms with Crippen LogP contribution < -0.4 is 0 Å². The van der Waals surface area contributed by atoms with Gasteiger partial charge in [-0.1, -0.05) is 18.1 Å². The fourth-order valence-electron chi connectivity index (χ4n) is 2.62. The molecule has 0 aliphatic carbocycles. The molecular formula is C11H19NO. The zero-order valence-electron chi connectivity index (χ0n) is 8.37. The highest BCUT2D eigenvalue weighted by Crippen LogP contribution is 2.31. The Kier molecular flexibility index (Phi) is 2.70. The molecule has 0 radical (unpaired) electrons. The number of piperidine rings is 1. The van der Waals surface area contributed by atoms with Gasteiger partial charge >= 0.3 is 0 Å². The molecule has 2 atom stereocenters. The van der Waals surface area contributed by atoms with E-state index in [2.05, 4.69) is 11.0 Å². The maximum atomic E-state index is 9.31. The Balaban J connectivity index is 2.06. The zero-order chi connectivity index (χ0) is 9.26. The average molecular weight is 181 g/mol. The fourth-order valence-corrected chi connectivity index (χ4v) is 2.62. The molecule has 2 fully saturated rings. The van der Waals surface area contributed by atoms with E-state index in [4.69, 9.17) is 0 Å². The van der Waals surface area contributed by atoms with Crippen LogP contribution in [0.4, 0.5) is 0 Å². The van der Waals surface area contributed by atoms with Crippen molar-refractivity contribution in [3.8, 4) is 0 Å². The predicted molar refractivity (Wildman–Crippen MR) is 53.6 cm³/mol. The molecular weight excluding hydrogens is 162 g/mol. The van der Waals surface area contributed by atoms with Gasteiger partial charge in [-0.05, 0) is 32.7 Å². The number of rotatable bonds is 1. The summed E-state index contributed by atoms with van der Waals surface area (Å²) in [5, 5.41) is 9.31. The van der Waals surface area contributed by atoms with Crippen molar-refractivity contribution in [2.45, 2.75) is 44.8 Å². The fraction of sp³-hybridized carbons (Fsp3) is 0.818. The molecule has 2 heteroatoms. The van der Waals surface area contributed by atoms with Gasteiger partial charge < -0.3 is 5.11 Å². The van der Waals surface area contributed by atoms with Crippen LogP contribution in [-0.4, -0.2) is 35.2 Å². The summed E-state index contributed by atoms with van der Waals surface area (Å²) in [6.07, 6.45) is 6.98. The lowest BCUT2D eigenvalue weighted by Gasteiger charge is -2.29. The first-order valence-corrected chi connectivity index (χ1v) is 5.40. The number of hydrogen-bond acceptors (Lipinski definition) is 2. The lowest BCUT2D eigenvalue weighted by Crippen LogP contribution is -2.34. The molecule has 1 N–H and O–H groups in total. The maximum Gasteiger partial charge on any atom is 0.0695 e. The van der Waals surface area contributed by atoms with E-state index in [1.54, 1.807) is 0 Å². The molecule has 2 aliphatic heterocycles. The summed E-state index contributed by atoms with van der Waals surface area (Å²) in [6, 6.07) is 0.670. The molecule has 2 unspecified atom stereocenters. The highest BCUT2D eigenvalue weighted by molar-refractivity contribution is 5.18. The molecule has 2 aliphatic rings. The molecule has 0 saturated carbocycles. The molecule has 2 heterocycles. The lowest BCUT2D eigenvalue weighted by molar-refractivity contribution is 0.209. The lowest BCUT2D eigenvalue weighted by atomic mass is 9.97. The summed E-state index contributed by atoms with van der Waals surface area (Å²) < 4.78 is 0. The summed E-state index contributed by atoms with van der Waals surface area (Å²) in [5.41, 5.74) is 1.48. The van der Waals surface area contributed by atoms with Crippen LogP contribution in [0.15, 0.2) is 11.6 Å². The maximum absolute atomic E-state index is 9.31. The molecule has 0 bridgehead atoms. The van der Waals surface area contributed by atoms with E-state index in [9.17, 15) is 5.11 Å². The van der Waals surface area contributed by atoms with Crippen LogP contribution in [-0.2, 0) is 0 Å². The van der Waals surface area contributed by atoms with Gasteiger partial charge in [-0.15, -0.1) is 0 Å². The van der Waals surface area contributed by atoms with Crippen molar-refractivity contribution in [3.63, 3.8) is 0 Å². The number of hydrogen-bond donors (Lipinski definition) is 1. The third-order valence-corrected chi connectivity index (χ3v) is 3.18. The third-order valence-electron chi connectivity index (χ3n) is 3.18. The molecule has 0 spiro atoms. The highest BCUT2D eigenvalue weighted by atomic mass is 16.3. The Labute approximate surface area is 80.2 Å². The molecule has 2 rings (SSSR count).